The molecule has 2 amide bonds. The summed E-state index contributed by atoms with van der Waals surface area (Å²) in [6, 6.07) is 26.4. The Morgan fingerprint density at radius 3 is 1.88 bits per heavy atom. The zero-order valence-electron chi connectivity index (χ0n) is 16.9. The molecule has 4 aromatic rings. The van der Waals surface area contributed by atoms with Gasteiger partial charge in [-0.1, -0.05) is 42.5 Å². The Balaban J connectivity index is 1.47. The third-order valence-electron chi connectivity index (χ3n) is 4.86. The molecule has 0 spiro atoms. The first-order chi connectivity index (χ1) is 15.5. The molecule has 0 aliphatic carbocycles. The van der Waals surface area contributed by atoms with Gasteiger partial charge in [0.15, 0.2) is 0 Å². The van der Waals surface area contributed by atoms with Crippen molar-refractivity contribution in [3.63, 3.8) is 0 Å². The van der Waals surface area contributed by atoms with E-state index in [0.29, 0.717) is 11.3 Å². The summed E-state index contributed by atoms with van der Waals surface area (Å²) in [6.45, 7) is 0. The molecule has 3 N–H and O–H groups in total. The number of hydrogen-bond donors (Lipinski definition) is 3. The quantitative estimate of drug-likeness (QED) is 0.283. The Morgan fingerprint density at radius 1 is 0.656 bits per heavy atom. The summed E-state index contributed by atoms with van der Waals surface area (Å²) >= 11 is 0. The van der Waals surface area contributed by atoms with Crippen LogP contribution in [0.2, 0.25) is 0 Å². The third kappa shape index (κ3) is 4.82. The fraction of sp³-hybridized carbons (Fsp3) is 0. The van der Waals surface area contributed by atoms with Crippen LogP contribution in [0.5, 0.6) is 5.75 Å². The molecule has 0 heterocycles. The van der Waals surface area contributed by atoms with Crippen molar-refractivity contribution >= 4 is 23.2 Å². The highest BCUT2D eigenvalue weighted by atomic mass is 19.1. The van der Waals surface area contributed by atoms with Gasteiger partial charge in [0, 0.05) is 16.8 Å². The molecule has 0 aliphatic heterocycles. The summed E-state index contributed by atoms with van der Waals surface area (Å²) in [5.74, 6) is -1.46. The number of phenols is 1. The van der Waals surface area contributed by atoms with E-state index in [9.17, 15) is 19.1 Å². The van der Waals surface area contributed by atoms with Crippen molar-refractivity contribution in [2.75, 3.05) is 10.6 Å². The van der Waals surface area contributed by atoms with E-state index < -0.39 is 11.7 Å². The lowest BCUT2D eigenvalue weighted by Gasteiger charge is -2.11. The molecule has 0 fully saturated rings. The summed E-state index contributed by atoms with van der Waals surface area (Å²) in [7, 11) is 0. The SMILES string of the molecule is O=C(Nc1ccc(O)c(NC(=O)c2ccc(F)cc2)c1)c1ccc(-c2ccccc2)cc1. The van der Waals surface area contributed by atoms with E-state index in [4.69, 9.17) is 0 Å². The Labute approximate surface area is 184 Å². The van der Waals surface area contributed by atoms with Gasteiger partial charge in [-0.3, -0.25) is 9.59 Å². The predicted molar refractivity (Wildman–Crippen MR) is 122 cm³/mol. The van der Waals surface area contributed by atoms with Crippen LogP contribution < -0.4 is 10.6 Å². The average molecular weight is 426 g/mol. The summed E-state index contributed by atoms with van der Waals surface area (Å²) in [6.07, 6.45) is 0. The molecule has 158 valence electrons. The van der Waals surface area contributed by atoms with E-state index in [1.165, 1.54) is 42.5 Å². The van der Waals surface area contributed by atoms with Gasteiger partial charge in [-0.2, -0.15) is 0 Å². The van der Waals surface area contributed by atoms with Gasteiger partial charge in [0.2, 0.25) is 0 Å². The van der Waals surface area contributed by atoms with Crippen molar-refractivity contribution in [2.45, 2.75) is 0 Å². The number of rotatable bonds is 5. The standard InChI is InChI=1S/C26H19FN2O3/c27-21-12-10-20(11-13-21)26(32)29-23-16-22(14-15-24(23)30)28-25(31)19-8-6-18(7-9-19)17-4-2-1-3-5-17/h1-16,30H,(H,28,31)(H,29,32). The van der Waals surface area contributed by atoms with E-state index in [0.717, 1.165) is 11.1 Å². The number of carbonyl (C=O) groups excluding carboxylic acids is 2. The van der Waals surface area contributed by atoms with Crippen LogP contribution in [0.3, 0.4) is 0 Å². The Kier molecular flexibility index (Phi) is 5.94. The molecule has 5 nitrogen and oxygen atoms in total. The highest BCUT2D eigenvalue weighted by Gasteiger charge is 2.12. The highest BCUT2D eigenvalue weighted by Crippen LogP contribution is 2.28. The molecule has 0 aromatic heterocycles. The van der Waals surface area contributed by atoms with Crippen LogP contribution in [0.15, 0.2) is 97.1 Å². The van der Waals surface area contributed by atoms with E-state index >= 15 is 0 Å². The van der Waals surface area contributed by atoms with Gasteiger partial charge >= 0.3 is 0 Å². The van der Waals surface area contributed by atoms with Crippen molar-refractivity contribution in [1.82, 2.24) is 0 Å². The van der Waals surface area contributed by atoms with Crippen LogP contribution >= 0.6 is 0 Å². The second-order valence-electron chi connectivity index (χ2n) is 7.09. The highest BCUT2D eigenvalue weighted by molar-refractivity contribution is 6.07. The molecule has 4 rings (SSSR count). The van der Waals surface area contributed by atoms with Gasteiger partial charge in [-0.15, -0.1) is 0 Å². The summed E-state index contributed by atoms with van der Waals surface area (Å²) < 4.78 is 13.1. The van der Waals surface area contributed by atoms with Crippen molar-refractivity contribution in [3.8, 4) is 16.9 Å². The largest absolute Gasteiger partial charge is 0.506 e. The van der Waals surface area contributed by atoms with Crippen molar-refractivity contribution in [3.05, 3.63) is 114 Å². The fourth-order valence-corrected chi connectivity index (χ4v) is 3.16. The maximum Gasteiger partial charge on any atom is 0.255 e. The van der Waals surface area contributed by atoms with Crippen molar-refractivity contribution < 1.29 is 19.1 Å². The number of hydrogen-bond acceptors (Lipinski definition) is 3. The maximum absolute atomic E-state index is 13.1. The van der Waals surface area contributed by atoms with Gasteiger partial charge in [0.25, 0.3) is 11.8 Å². The molecule has 0 saturated heterocycles. The van der Waals surface area contributed by atoms with Crippen LogP contribution in [0.1, 0.15) is 20.7 Å². The molecule has 4 aromatic carbocycles. The lowest BCUT2D eigenvalue weighted by atomic mass is 10.0. The minimum atomic E-state index is -0.514. The monoisotopic (exact) mass is 426 g/mol. The van der Waals surface area contributed by atoms with Crippen LogP contribution in [0.4, 0.5) is 15.8 Å². The van der Waals surface area contributed by atoms with Gasteiger partial charge in [-0.25, -0.2) is 4.39 Å². The first kappa shape index (κ1) is 20.8. The fourth-order valence-electron chi connectivity index (χ4n) is 3.16. The zero-order valence-corrected chi connectivity index (χ0v) is 16.9. The minimum absolute atomic E-state index is 0.122. The Bertz CT molecular complexity index is 1250. The lowest BCUT2D eigenvalue weighted by Crippen LogP contribution is -2.14. The van der Waals surface area contributed by atoms with Crippen LogP contribution in [0.25, 0.3) is 11.1 Å². The molecule has 6 heteroatoms. The van der Waals surface area contributed by atoms with Gasteiger partial charge in [0.1, 0.15) is 11.6 Å². The molecule has 32 heavy (non-hydrogen) atoms. The second-order valence-corrected chi connectivity index (χ2v) is 7.09. The molecule has 0 saturated carbocycles. The molecule has 0 atom stereocenters. The number of carbonyl (C=O) groups is 2. The topological polar surface area (TPSA) is 78.4 Å². The smallest absolute Gasteiger partial charge is 0.255 e. The number of amides is 2. The number of anilines is 2. The zero-order chi connectivity index (χ0) is 22.5. The molecule has 0 radical (unpaired) electrons. The molecular formula is C26H19FN2O3. The normalized spacial score (nSPS) is 10.4. The van der Waals surface area contributed by atoms with Crippen LogP contribution in [0, 0.1) is 5.82 Å². The molecule has 0 unspecified atom stereocenters. The lowest BCUT2D eigenvalue weighted by molar-refractivity contribution is 0.101. The van der Waals surface area contributed by atoms with Crippen molar-refractivity contribution in [2.24, 2.45) is 0 Å². The predicted octanol–water partition coefficient (Wildman–Crippen LogP) is 5.70. The summed E-state index contributed by atoms with van der Waals surface area (Å²) in [4.78, 5) is 25.0. The van der Waals surface area contributed by atoms with E-state index in [1.54, 1.807) is 12.1 Å². The minimum Gasteiger partial charge on any atom is -0.506 e. The number of nitrogens with one attached hydrogen (secondary N) is 2. The van der Waals surface area contributed by atoms with Gasteiger partial charge in [0.05, 0.1) is 5.69 Å². The van der Waals surface area contributed by atoms with Crippen molar-refractivity contribution in [1.29, 1.82) is 0 Å². The summed E-state index contributed by atoms with van der Waals surface area (Å²) in [5, 5.41) is 15.4. The second kappa shape index (κ2) is 9.14. The maximum atomic E-state index is 13.1. The average Bonchev–Trinajstić information content (AvgIpc) is 2.82. The molecular weight excluding hydrogens is 407 g/mol. The number of phenolic OH excluding ortho intramolecular Hbond substituents is 1. The third-order valence-corrected chi connectivity index (χ3v) is 4.86. The first-order valence-corrected chi connectivity index (χ1v) is 9.86. The van der Waals surface area contributed by atoms with E-state index in [2.05, 4.69) is 10.6 Å². The van der Waals surface area contributed by atoms with Crippen LogP contribution in [-0.2, 0) is 0 Å². The summed E-state index contributed by atoms with van der Waals surface area (Å²) in [5.41, 5.74) is 3.27. The van der Waals surface area contributed by atoms with E-state index in [1.807, 2.05) is 42.5 Å². The van der Waals surface area contributed by atoms with Gasteiger partial charge < -0.3 is 15.7 Å². The van der Waals surface area contributed by atoms with E-state index in [-0.39, 0.29) is 22.9 Å². The Hall–Kier alpha value is -4.45. The van der Waals surface area contributed by atoms with Crippen LogP contribution in [-0.4, -0.2) is 16.9 Å². The Morgan fingerprint density at radius 2 is 1.22 bits per heavy atom. The number of halogens is 1. The molecule has 0 aliphatic rings. The number of aromatic hydroxyl groups is 1. The number of benzene rings is 4. The first-order valence-electron chi connectivity index (χ1n) is 9.86. The molecule has 0 bridgehead atoms. The van der Waals surface area contributed by atoms with Gasteiger partial charge in [-0.05, 0) is 65.7 Å².